The Morgan fingerprint density at radius 1 is 1.21 bits per heavy atom. The van der Waals surface area contributed by atoms with Gasteiger partial charge in [0.2, 0.25) is 5.95 Å². The van der Waals surface area contributed by atoms with Gasteiger partial charge in [-0.25, -0.2) is 4.98 Å². The quantitative estimate of drug-likeness (QED) is 0.682. The molecule has 150 valence electrons. The SMILES string of the molecule is Cc1cnc(NC2CCC(NC(=O)c3ccc(Cl)c(Br)c3)CC2)nc1N(C)C. The van der Waals surface area contributed by atoms with Crippen LogP contribution in [0.1, 0.15) is 41.6 Å². The summed E-state index contributed by atoms with van der Waals surface area (Å²) in [6, 6.07) is 5.71. The van der Waals surface area contributed by atoms with E-state index in [1.165, 1.54) is 0 Å². The first-order valence-electron chi connectivity index (χ1n) is 9.37. The number of rotatable bonds is 5. The lowest BCUT2D eigenvalue weighted by Gasteiger charge is -2.30. The minimum absolute atomic E-state index is 0.0636. The molecule has 1 aromatic heterocycles. The average Bonchev–Trinajstić information content (AvgIpc) is 2.66. The summed E-state index contributed by atoms with van der Waals surface area (Å²) >= 11 is 9.36. The molecular formula is C20H25BrClN5O. The first kappa shape index (κ1) is 20.9. The second-order valence-electron chi connectivity index (χ2n) is 7.39. The van der Waals surface area contributed by atoms with E-state index in [0.717, 1.165) is 41.5 Å². The number of hydrogen-bond donors (Lipinski definition) is 2. The van der Waals surface area contributed by atoms with Gasteiger partial charge in [0.1, 0.15) is 5.82 Å². The lowest BCUT2D eigenvalue weighted by Crippen LogP contribution is -2.40. The molecule has 1 saturated carbocycles. The average molecular weight is 467 g/mol. The third-order valence-corrected chi connectivity index (χ3v) is 6.16. The Bertz CT molecular complexity index is 852. The number of carbonyl (C=O) groups is 1. The van der Waals surface area contributed by atoms with E-state index in [0.29, 0.717) is 22.6 Å². The summed E-state index contributed by atoms with van der Waals surface area (Å²) in [6.07, 6.45) is 5.61. The van der Waals surface area contributed by atoms with Crippen LogP contribution in [0.15, 0.2) is 28.9 Å². The topological polar surface area (TPSA) is 70.1 Å². The Kier molecular flexibility index (Phi) is 6.78. The van der Waals surface area contributed by atoms with Crippen molar-refractivity contribution < 1.29 is 4.79 Å². The maximum atomic E-state index is 12.5. The fourth-order valence-corrected chi connectivity index (χ4v) is 3.92. The standard InChI is InChI=1S/C20H25BrClN5O/c1-12-11-23-20(26-18(12)27(2)3)25-15-7-5-14(6-8-15)24-19(28)13-4-9-17(22)16(21)10-13/h4,9-11,14-15H,5-8H2,1-3H3,(H,24,28)(H,23,25,26). The van der Waals surface area contributed by atoms with Gasteiger partial charge < -0.3 is 15.5 Å². The first-order valence-corrected chi connectivity index (χ1v) is 10.5. The van der Waals surface area contributed by atoms with Crippen LogP contribution in [0.2, 0.25) is 5.02 Å². The Balaban J connectivity index is 1.52. The molecule has 0 bridgehead atoms. The van der Waals surface area contributed by atoms with Gasteiger partial charge in [0.05, 0.1) is 5.02 Å². The fraction of sp³-hybridized carbons (Fsp3) is 0.450. The number of aromatic nitrogens is 2. The predicted octanol–water partition coefficient (Wildman–Crippen LogP) is 4.42. The van der Waals surface area contributed by atoms with Gasteiger partial charge in [-0.3, -0.25) is 4.79 Å². The number of amides is 1. The Labute approximate surface area is 179 Å². The molecule has 0 radical (unpaired) electrons. The van der Waals surface area contributed by atoms with Crippen molar-refractivity contribution in [1.29, 1.82) is 0 Å². The van der Waals surface area contributed by atoms with E-state index in [9.17, 15) is 4.79 Å². The van der Waals surface area contributed by atoms with Crippen molar-refractivity contribution in [2.75, 3.05) is 24.3 Å². The Morgan fingerprint density at radius 2 is 1.89 bits per heavy atom. The summed E-state index contributed by atoms with van der Waals surface area (Å²) in [7, 11) is 3.96. The van der Waals surface area contributed by atoms with E-state index in [1.807, 2.05) is 32.1 Å². The Morgan fingerprint density at radius 3 is 2.54 bits per heavy atom. The molecular weight excluding hydrogens is 442 g/mol. The van der Waals surface area contributed by atoms with Gasteiger partial charge in [-0.05, 0) is 66.7 Å². The van der Waals surface area contributed by atoms with Crippen LogP contribution in [0.25, 0.3) is 0 Å². The first-order chi connectivity index (χ1) is 13.3. The van der Waals surface area contributed by atoms with Crippen LogP contribution >= 0.6 is 27.5 Å². The second kappa shape index (κ2) is 9.09. The third-order valence-electron chi connectivity index (χ3n) is 4.95. The van der Waals surface area contributed by atoms with E-state index in [-0.39, 0.29) is 11.9 Å². The molecule has 0 saturated heterocycles. The highest BCUT2D eigenvalue weighted by atomic mass is 79.9. The zero-order valence-electron chi connectivity index (χ0n) is 16.3. The number of halogens is 2. The van der Waals surface area contributed by atoms with Gasteiger partial charge in [-0.2, -0.15) is 4.98 Å². The van der Waals surface area contributed by atoms with E-state index < -0.39 is 0 Å². The fourth-order valence-electron chi connectivity index (χ4n) is 3.43. The highest BCUT2D eigenvalue weighted by Gasteiger charge is 2.23. The largest absolute Gasteiger partial charge is 0.362 e. The molecule has 0 unspecified atom stereocenters. The van der Waals surface area contributed by atoms with Crippen LogP contribution in [0.4, 0.5) is 11.8 Å². The van der Waals surface area contributed by atoms with Crippen molar-refractivity contribution in [3.63, 3.8) is 0 Å². The van der Waals surface area contributed by atoms with Crippen molar-refractivity contribution in [3.05, 3.63) is 45.0 Å². The monoisotopic (exact) mass is 465 g/mol. The number of hydrogen-bond acceptors (Lipinski definition) is 5. The van der Waals surface area contributed by atoms with Gasteiger partial charge in [-0.1, -0.05) is 11.6 Å². The van der Waals surface area contributed by atoms with Crippen LogP contribution in [-0.2, 0) is 0 Å². The van der Waals surface area contributed by atoms with Crippen LogP contribution in [0.5, 0.6) is 0 Å². The number of aryl methyl sites for hydroxylation is 1. The van der Waals surface area contributed by atoms with Crippen molar-refractivity contribution >= 4 is 45.2 Å². The van der Waals surface area contributed by atoms with E-state index >= 15 is 0 Å². The summed E-state index contributed by atoms with van der Waals surface area (Å²) < 4.78 is 0.727. The Hall–Kier alpha value is -1.86. The molecule has 0 aliphatic heterocycles. The lowest BCUT2D eigenvalue weighted by molar-refractivity contribution is 0.0926. The van der Waals surface area contributed by atoms with Crippen molar-refractivity contribution in [2.24, 2.45) is 0 Å². The van der Waals surface area contributed by atoms with E-state index in [1.54, 1.807) is 18.2 Å². The summed E-state index contributed by atoms with van der Waals surface area (Å²) in [4.78, 5) is 23.5. The lowest BCUT2D eigenvalue weighted by atomic mass is 9.91. The maximum absolute atomic E-state index is 12.5. The van der Waals surface area contributed by atoms with E-state index in [2.05, 4.69) is 36.5 Å². The number of benzene rings is 1. The highest BCUT2D eigenvalue weighted by Crippen LogP contribution is 2.25. The summed E-state index contributed by atoms with van der Waals surface area (Å²) in [5.41, 5.74) is 1.66. The van der Waals surface area contributed by atoms with Gasteiger partial charge in [0.15, 0.2) is 0 Å². The van der Waals surface area contributed by atoms with Crippen molar-refractivity contribution in [2.45, 2.75) is 44.7 Å². The summed E-state index contributed by atoms with van der Waals surface area (Å²) in [5, 5.41) is 7.17. The summed E-state index contributed by atoms with van der Waals surface area (Å²) in [6.45, 7) is 2.01. The van der Waals surface area contributed by atoms with Crippen LogP contribution in [0, 0.1) is 6.92 Å². The number of carbonyl (C=O) groups excluding carboxylic acids is 1. The second-order valence-corrected chi connectivity index (χ2v) is 8.65. The third kappa shape index (κ3) is 5.14. The molecule has 1 fully saturated rings. The molecule has 28 heavy (non-hydrogen) atoms. The van der Waals surface area contributed by atoms with Gasteiger partial charge in [0, 0.05) is 48.0 Å². The predicted molar refractivity (Wildman–Crippen MR) is 117 cm³/mol. The van der Waals surface area contributed by atoms with E-state index in [4.69, 9.17) is 11.6 Å². The van der Waals surface area contributed by atoms with Gasteiger partial charge in [-0.15, -0.1) is 0 Å². The zero-order valence-corrected chi connectivity index (χ0v) is 18.6. The molecule has 2 aromatic rings. The number of anilines is 2. The van der Waals surface area contributed by atoms with Crippen LogP contribution < -0.4 is 15.5 Å². The van der Waals surface area contributed by atoms with Gasteiger partial charge in [0.25, 0.3) is 5.91 Å². The molecule has 1 aliphatic carbocycles. The smallest absolute Gasteiger partial charge is 0.251 e. The molecule has 1 heterocycles. The molecule has 0 atom stereocenters. The molecule has 1 aliphatic rings. The highest BCUT2D eigenvalue weighted by molar-refractivity contribution is 9.10. The molecule has 1 aromatic carbocycles. The van der Waals surface area contributed by atoms with Crippen LogP contribution in [0.3, 0.4) is 0 Å². The van der Waals surface area contributed by atoms with Crippen molar-refractivity contribution in [3.8, 4) is 0 Å². The molecule has 0 spiro atoms. The molecule has 1 amide bonds. The van der Waals surface area contributed by atoms with Crippen LogP contribution in [-0.4, -0.2) is 42.1 Å². The molecule has 3 rings (SSSR count). The zero-order chi connectivity index (χ0) is 20.3. The summed E-state index contributed by atoms with van der Waals surface area (Å²) in [5.74, 6) is 1.52. The number of nitrogens with zero attached hydrogens (tertiary/aromatic N) is 3. The van der Waals surface area contributed by atoms with Gasteiger partial charge >= 0.3 is 0 Å². The normalized spacial score (nSPS) is 19.2. The van der Waals surface area contributed by atoms with Crippen molar-refractivity contribution in [1.82, 2.24) is 15.3 Å². The minimum Gasteiger partial charge on any atom is -0.362 e. The number of nitrogens with one attached hydrogen (secondary N) is 2. The molecule has 6 nitrogen and oxygen atoms in total. The maximum Gasteiger partial charge on any atom is 0.251 e. The molecule has 2 N–H and O–H groups in total. The minimum atomic E-state index is -0.0636. The molecule has 8 heteroatoms.